The van der Waals surface area contributed by atoms with Gasteiger partial charge >= 0.3 is 0 Å². The van der Waals surface area contributed by atoms with Crippen molar-refractivity contribution in [2.75, 3.05) is 0 Å². The van der Waals surface area contributed by atoms with Crippen LogP contribution < -0.4 is 0 Å². The fourth-order valence-electron chi connectivity index (χ4n) is 1.68. The van der Waals surface area contributed by atoms with Gasteiger partial charge in [0.25, 0.3) is 0 Å². The number of imide groups is 1. The molecular weight excluding hydrogens is 546 g/mol. The summed E-state index contributed by atoms with van der Waals surface area (Å²) in [5, 5.41) is 0. The summed E-state index contributed by atoms with van der Waals surface area (Å²) >= 11 is 0. The molecule has 1 heterocycles. The number of nitrogens with zero attached hydrogens (tertiary/aromatic N) is 1. The predicted octanol–water partition coefficient (Wildman–Crippen LogP) is 1.39. The van der Waals surface area contributed by atoms with Crippen LogP contribution in [0.4, 0.5) is 0 Å². The number of hydrogen-bond acceptors (Lipinski definition) is 2. The minimum Gasteiger partial charge on any atom is -0.331 e. The van der Waals surface area contributed by atoms with Crippen LogP contribution in [0.2, 0.25) is 0 Å². The first kappa shape index (κ1) is 26.7. The van der Waals surface area contributed by atoms with Gasteiger partial charge in [-0.25, -0.2) is 0 Å². The Balaban J connectivity index is -0.000000640. The van der Waals surface area contributed by atoms with Crippen LogP contribution in [0.3, 0.4) is 0 Å². The molecule has 4 radical (unpaired) electrons. The number of benzene rings is 1. The number of carbonyl (C=O) groups excluding carboxylic acids is 2. The van der Waals surface area contributed by atoms with E-state index in [1.165, 1.54) is 4.90 Å². The molecule has 19 heavy (non-hydrogen) atoms. The van der Waals surface area contributed by atoms with Crippen molar-refractivity contribution in [3.63, 3.8) is 0 Å². The van der Waals surface area contributed by atoms with Crippen molar-refractivity contribution in [3.05, 3.63) is 42.8 Å². The number of rotatable bonds is 2. The molecule has 7 heteroatoms. The van der Waals surface area contributed by atoms with Crippen molar-refractivity contribution in [3.8, 4) is 0 Å². The zero-order valence-corrected chi connectivity index (χ0v) is 22.0. The molecule has 0 aromatic heterocycles. The van der Waals surface area contributed by atoms with Gasteiger partial charge in [0.1, 0.15) is 0 Å². The van der Waals surface area contributed by atoms with Gasteiger partial charge in [-0.1, -0.05) is 36.2 Å². The average Bonchev–Trinajstić information content (AvgIpc) is 2.47. The van der Waals surface area contributed by atoms with Gasteiger partial charge in [-0.05, 0) is 5.56 Å². The largest absolute Gasteiger partial charge is 0.331 e. The van der Waals surface area contributed by atoms with Crippen molar-refractivity contribution in [1.82, 2.24) is 4.90 Å². The van der Waals surface area contributed by atoms with E-state index in [0.29, 0.717) is 6.54 Å². The van der Waals surface area contributed by atoms with Crippen molar-refractivity contribution >= 4 is 11.8 Å². The van der Waals surface area contributed by atoms with Crippen LogP contribution in [0.25, 0.3) is 0 Å². The van der Waals surface area contributed by atoms with E-state index in [-0.39, 0.29) is 149 Å². The van der Waals surface area contributed by atoms with E-state index in [1.54, 1.807) is 0 Å². The maximum atomic E-state index is 11.6. The van der Waals surface area contributed by atoms with Crippen LogP contribution in [0.15, 0.2) is 30.3 Å². The van der Waals surface area contributed by atoms with Gasteiger partial charge < -0.3 is 6.92 Å². The smallest absolute Gasteiger partial charge is 0.227 e. The van der Waals surface area contributed by atoms with E-state index >= 15 is 0 Å². The maximum Gasteiger partial charge on any atom is 0.227 e. The van der Waals surface area contributed by atoms with Crippen LogP contribution in [0, 0.1) is 12.8 Å². The summed E-state index contributed by atoms with van der Waals surface area (Å²) < 4.78 is 0. The molecule has 0 spiro atoms. The molecule has 1 unspecified atom stereocenters. The third-order valence-corrected chi connectivity index (χ3v) is 2.52. The molecule has 0 bridgehead atoms. The average molecular weight is 558 g/mol. The van der Waals surface area contributed by atoms with E-state index in [4.69, 9.17) is 0 Å². The minimum absolute atomic E-state index is 0. The number of carbonyl (C=O) groups is 2. The second kappa shape index (κ2) is 13.2. The van der Waals surface area contributed by atoms with Gasteiger partial charge in [0, 0.05) is 137 Å². The molecule has 1 aromatic carbocycles. The van der Waals surface area contributed by atoms with E-state index in [0.717, 1.165) is 5.56 Å². The molecule has 2 amide bonds. The van der Waals surface area contributed by atoms with Crippen molar-refractivity contribution in [1.29, 1.82) is 0 Å². The monoisotopic (exact) mass is 558 g/mol. The van der Waals surface area contributed by atoms with Crippen LogP contribution >= 0.6 is 0 Å². The van der Waals surface area contributed by atoms with E-state index < -0.39 is 5.92 Å². The molecule has 0 saturated carbocycles. The number of likely N-dealkylation sites (tertiary alicyclic amines) is 1. The molecule has 3 nitrogen and oxygen atoms in total. The van der Waals surface area contributed by atoms with Gasteiger partial charge in [0.2, 0.25) is 11.8 Å². The zero-order valence-electron chi connectivity index (χ0n) is 10.7. The maximum absolute atomic E-state index is 11.6. The molecule has 0 N–H and O–H groups in total. The molecule has 1 aliphatic rings. The van der Waals surface area contributed by atoms with E-state index in [9.17, 15) is 9.59 Å². The Hall–Kier alpha value is 2.78. The first-order chi connectivity index (χ1) is 7.18. The fourth-order valence-corrected chi connectivity index (χ4v) is 1.68. The van der Waals surface area contributed by atoms with Crippen molar-refractivity contribution in [2.24, 2.45) is 5.92 Å². The summed E-state index contributed by atoms with van der Waals surface area (Å²) in [6.07, 6.45) is 0.242. The summed E-state index contributed by atoms with van der Waals surface area (Å²) in [7, 11) is 0. The fraction of sp³-hybridized carbons (Fsp3) is 0.250. The molecule has 90 valence electrons. The Bertz CT molecular complexity index is 400. The minimum atomic E-state index is -0.402. The first-order valence-electron chi connectivity index (χ1n) is 4.89. The van der Waals surface area contributed by atoms with Gasteiger partial charge in [-0.15, -0.1) is 0 Å². The second-order valence-electron chi connectivity index (χ2n) is 3.70. The van der Waals surface area contributed by atoms with Crippen LogP contribution in [0.1, 0.15) is 12.0 Å². The molecular formula is C12H12NO2Y4-. The Morgan fingerprint density at radius 1 is 1.05 bits per heavy atom. The Morgan fingerprint density at radius 3 is 2.00 bits per heavy atom. The van der Waals surface area contributed by atoms with Crippen LogP contribution in [-0.2, 0) is 147 Å². The normalized spacial score (nSPS) is 16.7. The summed E-state index contributed by atoms with van der Waals surface area (Å²) in [5.74, 6) is -0.686. The number of hydrogen-bond donors (Lipinski definition) is 0. The van der Waals surface area contributed by atoms with E-state index in [1.807, 2.05) is 30.3 Å². The second-order valence-corrected chi connectivity index (χ2v) is 3.70. The third-order valence-electron chi connectivity index (χ3n) is 2.52. The predicted molar refractivity (Wildman–Crippen MR) is 55.5 cm³/mol. The van der Waals surface area contributed by atoms with Crippen LogP contribution in [-0.4, -0.2) is 16.7 Å². The Labute approximate surface area is 214 Å². The van der Waals surface area contributed by atoms with Crippen molar-refractivity contribution < 1.29 is 140 Å². The van der Waals surface area contributed by atoms with Crippen molar-refractivity contribution in [2.45, 2.75) is 13.0 Å². The Morgan fingerprint density at radius 2 is 1.58 bits per heavy atom. The van der Waals surface area contributed by atoms with Gasteiger partial charge in [-0.3, -0.25) is 14.5 Å². The van der Waals surface area contributed by atoms with Gasteiger partial charge in [-0.2, -0.15) is 0 Å². The summed E-state index contributed by atoms with van der Waals surface area (Å²) in [6.45, 7) is 4.01. The van der Waals surface area contributed by atoms with E-state index in [2.05, 4.69) is 6.92 Å². The molecule has 1 fully saturated rings. The Kier molecular flexibility index (Phi) is 18.6. The zero-order chi connectivity index (χ0) is 10.8. The molecule has 1 saturated heterocycles. The summed E-state index contributed by atoms with van der Waals surface area (Å²) in [4.78, 5) is 24.3. The quantitative estimate of drug-likeness (QED) is 0.407. The van der Waals surface area contributed by atoms with Gasteiger partial charge in [0.05, 0.1) is 6.54 Å². The molecule has 1 atom stereocenters. The number of amides is 2. The van der Waals surface area contributed by atoms with Gasteiger partial charge in [0.15, 0.2) is 0 Å². The topological polar surface area (TPSA) is 37.4 Å². The summed E-state index contributed by atoms with van der Waals surface area (Å²) in [5.41, 5.74) is 0.966. The molecule has 1 aromatic rings. The summed E-state index contributed by atoms with van der Waals surface area (Å²) in [6, 6.07) is 9.49. The molecule has 2 rings (SSSR count). The molecule has 1 aliphatic heterocycles. The molecule has 0 aliphatic carbocycles. The van der Waals surface area contributed by atoms with Crippen LogP contribution in [0.5, 0.6) is 0 Å². The third kappa shape index (κ3) is 7.73. The standard InChI is InChI=1S/C12H12NO2.4Y/c1-9-7-11(14)13(12(9)15)8-10-5-3-2-4-6-10;;;;/h2-6,9H,1,7-8H2;;;;/q-1;;;;. The SMILES string of the molecule is [CH2-]C1CC(=O)N(Cc2ccccc2)C1=O.[Y].[Y].[Y].[Y]. The first-order valence-corrected chi connectivity index (χ1v) is 4.89.